The van der Waals surface area contributed by atoms with Crippen molar-refractivity contribution >= 4 is 39.1 Å². The highest BCUT2D eigenvalue weighted by molar-refractivity contribution is 7.18. The molecule has 0 amide bonds. The van der Waals surface area contributed by atoms with Gasteiger partial charge in [0.2, 0.25) is 5.95 Å². The van der Waals surface area contributed by atoms with Gasteiger partial charge in [-0.2, -0.15) is 0 Å². The van der Waals surface area contributed by atoms with Gasteiger partial charge in [0, 0.05) is 16.8 Å². The summed E-state index contributed by atoms with van der Waals surface area (Å²) in [5.41, 5.74) is 1.56. The van der Waals surface area contributed by atoms with Gasteiger partial charge in [0.15, 0.2) is 0 Å². The highest BCUT2D eigenvalue weighted by atomic mass is 35.5. The number of fused-ring (bicyclic) bond motifs is 1. The van der Waals surface area contributed by atoms with Crippen LogP contribution in [0.5, 0.6) is 0 Å². The Labute approximate surface area is 128 Å². The summed E-state index contributed by atoms with van der Waals surface area (Å²) in [6.45, 7) is 2.93. The van der Waals surface area contributed by atoms with Crippen LogP contribution in [0.15, 0.2) is 17.7 Å². The first-order valence-electron chi connectivity index (χ1n) is 7.08. The van der Waals surface area contributed by atoms with Crippen LogP contribution >= 0.6 is 22.9 Å². The minimum Gasteiger partial charge on any atom is -0.354 e. The van der Waals surface area contributed by atoms with E-state index in [1.807, 2.05) is 6.07 Å². The molecule has 0 aliphatic heterocycles. The third kappa shape index (κ3) is 3.13. The lowest BCUT2D eigenvalue weighted by molar-refractivity contribution is 0.679. The molecule has 0 saturated heterocycles. The number of rotatable bonds is 4. The van der Waals surface area contributed by atoms with Gasteiger partial charge in [0.1, 0.15) is 9.98 Å². The molecule has 0 atom stereocenters. The number of nitrogens with zero attached hydrogens (tertiary/aromatic N) is 2. The van der Waals surface area contributed by atoms with Crippen LogP contribution in [0.3, 0.4) is 0 Å². The second kappa shape index (κ2) is 6.10. The van der Waals surface area contributed by atoms with E-state index in [2.05, 4.69) is 28.3 Å². The van der Waals surface area contributed by atoms with Crippen LogP contribution in [-0.2, 0) is 0 Å². The van der Waals surface area contributed by atoms with E-state index in [0.717, 1.165) is 23.2 Å². The fourth-order valence-corrected chi connectivity index (χ4v) is 3.71. The maximum atomic E-state index is 6.21. The number of nitrogens with one attached hydrogen (secondary N) is 1. The molecule has 0 spiro atoms. The average Bonchev–Trinajstić information content (AvgIpc) is 2.81. The first-order chi connectivity index (χ1) is 9.72. The molecule has 2 aromatic heterocycles. The Morgan fingerprint density at radius 2 is 2.25 bits per heavy atom. The Kier molecular flexibility index (Phi) is 4.22. The van der Waals surface area contributed by atoms with Crippen molar-refractivity contribution in [1.29, 1.82) is 0 Å². The molecular weight excluding hydrogens is 290 g/mol. The normalized spacial score (nSPS) is 15.4. The Morgan fingerprint density at radius 1 is 1.35 bits per heavy atom. The van der Waals surface area contributed by atoms with E-state index in [4.69, 9.17) is 11.6 Å². The summed E-state index contributed by atoms with van der Waals surface area (Å²) in [5.74, 6) is 0.640. The Balaban J connectivity index is 1.66. The minimum absolute atomic E-state index is 0.540. The molecule has 0 fully saturated rings. The second-order valence-electron chi connectivity index (χ2n) is 5.20. The van der Waals surface area contributed by atoms with Crippen LogP contribution in [0.25, 0.3) is 10.2 Å². The number of hydrogen-bond acceptors (Lipinski definition) is 4. The van der Waals surface area contributed by atoms with Crippen LogP contribution in [0.4, 0.5) is 5.95 Å². The van der Waals surface area contributed by atoms with E-state index in [0.29, 0.717) is 11.1 Å². The average molecular weight is 308 g/mol. The molecule has 20 heavy (non-hydrogen) atoms. The van der Waals surface area contributed by atoms with Crippen LogP contribution < -0.4 is 5.32 Å². The number of halogens is 1. The SMILES string of the molecule is Cc1cc2c(Cl)nc(NCCC3=CCCCC3)nc2s1. The molecule has 0 unspecified atom stereocenters. The first kappa shape index (κ1) is 13.8. The maximum absolute atomic E-state index is 6.21. The summed E-state index contributed by atoms with van der Waals surface area (Å²) >= 11 is 7.86. The lowest BCUT2D eigenvalue weighted by atomic mass is 9.97. The molecule has 3 rings (SSSR count). The van der Waals surface area contributed by atoms with Gasteiger partial charge in [-0.3, -0.25) is 0 Å². The van der Waals surface area contributed by atoms with Crippen molar-refractivity contribution in [1.82, 2.24) is 9.97 Å². The van der Waals surface area contributed by atoms with Gasteiger partial charge in [-0.05, 0) is 45.1 Å². The smallest absolute Gasteiger partial charge is 0.225 e. The first-order valence-corrected chi connectivity index (χ1v) is 8.27. The Hall–Kier alpha value is -1.13. The van der Waals surface area contributed by atoms with E-state index in [1.165, 1.54) is 30.6 Å². The summed E-state index contributed by atoms with van der Waals surface area (Å²) in [7, 11) is 0. The largest absolute Gasteiger partial charge is 0.354 e. The molecular formula is C15H18ClN3S. The summed E-state index contributed by atoms with van der Waals surface area (Å²) in [4.78, 5) is 11.0. The predicted octanol–water partition coefficient (Wildman–Crippen LogP) is 4.96. The zero-order chi connectivity index (χ0) is 13.9. The molecule has 5 heteroatoms. The maximum Gasteiger partial charge on any atom is 0.225 e. The van der Waals surface area contributed by atoms with E-state index in [-0.39, 0.29) is 0 Å². The van der Waals surface area contributed by atoms with Crippen molar-refractivity contribution in [3.63, 3.8) is 0 Å². The zero-order valence-corrected chi connectivity index (χ0v) is 13.2. The van der Waals surface area contributed by atoms with E-state index < -0.39 is 0 Å². The summed E-state index contributed by atoms with van der Waals surface area (Å²) in [6, 6.07) is 2.04. The molecule has 0 saturated carbocycles. The minimum atomic E-state index is 0.540. The molecule has 2 heterocycles. The second-order valence-corrected chi connectivity index (χ2v) is 6.79. The van der Waals surface area contributed by atoms with Gasteiger partial charge in [0.05, 0.1) is 0 Å². The van der Waals surface area contributed by atoms with Crippen molar-refractivity contribution in [2.75, 3.05) is 11.9 Å². The number of aryl methyl sites for hydroxylation is 1. The molecule has 1 aliphatic carbocycles. The molecule has 106 valence electrons. The monoisotopic (exact) mass is 307 g/mol. The number of thiophene rings is 1. The van der Waals surface area contributed by atoms with Gasteiger partial charge < -0.3 is 5.32 Å². The van der Waals surface area contributed by atoms with Crippen molar-refractivity contribution in [3.05, 3.63) is 27.7 Å². The van der Waals surface area contributed by atoms with Crippen LogP contribution in [0.2, 0.25) is 5.15 Å². The third-order valence-corrected chi connectivity index (χ3v) is 4.82. The third-order valence-electron chi connectivity index (χ3n) is 3.58. The summed E-state index contributed by atoms with van der Waals surface area (Å²) < 4.78 is 0. The van der Waals surface area contributed by atoms with Crippen LogP contribution in [0, 0.1) is 6.92 Å². The molecule has 0 aromatic carbocycles. The van der Waals surface area contributed by atoms with Crippen LogP contribution in [-0.4, -0.2) is 16.5 Å². The van der Waals surface area contributed by atoms with Gasteiger partial charge >= 0.3 is 0 Å². The lowest BCUT2D eigenvalue weighted by Crippen LogP contribution is -2.07. The predicted molar refractivity (Wildman–Crippen MR) is 86.8 cm³/mol. The summed E-state index contributed by atoms with van der Waals surface area (Å²) in [5, 5.41) is 4.79. The fourth-order valence-electron chi connectivity index (χ4n) is 2.55. The van der Waals surface area contributed by atoms with Crippen molar-refractivity contribution in [2.45, 2.75) is 39.0 Å². The molecule has 1 N–H and O–H groups in total. The molecule has 3 nitrogen and oxygen atoms in total. The molecule has 0 radical (unpaired) electrons. The number of anilines is 1. The quantitative estimate of drug-likeness (QED) is 0.641. The van der Waals surface area contributed by atoms with Gasteiger partial charge in [-0.15, -0.1) is 11.3 Å². The lowest BCUT2D eigenvalue weighted by Gasteiger charge is -2.12. The highest BCUT2D eigenvalue weighted by Gasteiger charge is 2.09. The highest BCUT2D eigenvalue weighted by Crippen LogP contribution is 2.29. The Morgan fingerprint density at radius 3 is 3.05 bits per heavy atom. The zero-order valence-electron chi connectivity index (χ0n) is 11.6. The van der Waals surface area contributed by atoms with Crippen molar-refractivity contribution < 1.29 is 0 Å². The Bertz CT molecular complexity index is 648. The number of allylic oxidation sites excluding steroid dienone is 1. The molecule has 2 aromatic rings. The van der Waals surface area contributed by atoms with Gasteiger partial charge in [0.25, 0.3) is 0 Å². The van der Waals surface area contributed by atoms with Crippen molar-refractivity contribution in [3.8, 4) is 0 Å². The molecule has 0 bridgehead atoms. The van der Waals surface area contributed by atoms with E-state index in [9.17, 15) is 0 Å². The fraction of sp³-hybridized carbons (Fsp3) is 0.467. The van der Waals surface area contributed by atoms with Gasteiger partial charge in [-0.1, -0.05) is 23.3 Å². The van der Waals surface area contributed by atoms with Crippen molar-refractivity contribution in [2.24, 2.45) is 0 Å². The summed E-state index contributed by atoms with van der Waals surface area (Å²) in [6.07, 6.45) is 8.59. The van der Waals surface area contributed by atoms with Crippen LogP contribution in [0.1, 0.15) is 37.0 Å². The van der Waals surface area contributed by atoms with E-state index in [1.54, 1.807) is 16.9 Å². The van der Waals surface area contributed by atoms with E-state index >= 15 is 0 Å². The van der Waals surface area contributed by atoms with Gasteiger partial charge in [-0.25, -0.2) is 9.97 Å². The number of aromatic nitrogens is 2. The topological polar surface area (TPSA) is 37.8 Å². The number of hydrogen-bond donors (Lipinski definition) is 1. The standard InChI is InChI=1S/C15H18ClN3S/c1-10-9-12-13(16)18-15(19-14(12)20-10)17-8-7-11-5-3-2-4-6-11/h5,9H,2-4,6-8H2,1H3,(H,17,18,19). The molecule has 1 aliphatic rings.